The minimum Gasteiger partial charge on any atom is -0.455 e. The lowest BCUT2D eigenvalue weighted by Crippen LogP contribution is -2.28. The lowest BCUT2D eigenvalue weighted by atomic mass is 9.67. The number of nitrogens with zero attached hydrogens (tertiary/aromatic N) is 1. The third kappa shape index (κ3) is 6.85. The molecule has 3 heteroatoms. The molecule has 11 aromatic carbocycles. The van der Waals surface area contributed by atoms with E-state index in [0.29, 0.717) is 0 Å². The lowest BCUT2D eigenvalue weighted by Gasteiger charge is -2.34. The van der Waals surface area contributed by atoms with Gasteiger partial charge in [0.1, 0.15) is 17.0 Å². The van der Waals surface area contributed by atoms with Gasteiger partial charge in [-0.15, -0.1) is 0 Å². The van der Waals surface area contributed by atoms with Crippen molar-refractivity contribution in [1.29, 1.82) is 0 Å². The molecular formula is C67H44FNO. The topological polar surface area (TPSA) is 16.4 Å². The van der Waals surface area contributed by atoms with E-state index in [1.165, 1.54) is 28.3 Å². The first-order valence-corrected chi connectivity index (χ1v) is 23.8. The molecule has 1 aromatic heterocycles. The Morgan fingerprint density at radius 3 is 1.44 bits per heavy atom. The van der Waals surface area contributed by atoms with Crippen molar-refractivity contribution in [1.82, 2.24) is 0 Å². The Hall–Kier alpha value is -9.05. The molecule has 13 rings (SSSR count). The Morgan fingerprint density at radius 1 is 0.314 bits per heavy atom. The molecule has 1 aliphatic rings. The van der Waals surface area contributed by atoms with Gasteiger partial charge in [-0.25, -0.2) is 4.39 Å². The molecule has 0 radical (unpaired) electrons. The monoisotopic (exact) mass is 897 g/mol. The summed E-state index contributed by atoms with van der Waals surface area (Å²) in [6, 6.07) is 93.5. The predicted molar refractivity (Wildman–Crippen MR) is 287 cm³/mol. The molecule has 1 heterocycles. The van der Waals surface area contributed by atoms with Crippen LogP contribution in [-0.2, 0) is 5.41 Å². The van der Waals surface area contributed by atoms with Crippen molar-refractivity contribution in [3.8, 4) is 55.6 Å². The Labute approximate surface area is 406 Å². The van der Waals surface area contributed by atoms with E-state index in [9.17, 15) is 0 Å². The molecule has 1 aliphatic carbocycles. The molecule has 0 spiro atoms. The van der Waals surface area contributed by atoms with E-state index in [4.69, 9.17) is 4.42 Å². The summed E-state index contributed by atoms with van der Waals surface area (Å²) in [5.41, 5.74) is 19.7. The van der Waals surface area contributed by atoms with Crippen LogP contribution < -0.4 is 4.90 Å². The van der Waals surface area contributed by atoms with Crippen molar-refractivity contribution in [3.05, 3.63) is 295 Å². The number of hydrogen-bond acceptors (Lipinski definition) is 2. The largest absolute Gasteiger partial charge is 0.455 e. The van der Waals surface area contributed by atoms with Crippen LogP contribution in [0.3, 0.4) is 0 Å². The van der Waals surface area contributed by atoms with E-state index in [1.807, 2.05) is 18.2 Å². The van der Waals surface area contributed by atoms with Gasteiger partial charge in [0.15, 0.2) is 0 Å². The van der Waals surface area contributed by atoms with Crippen LogP contribution in [0.25, 0.3) is 77.6 Å². The van der Waals surface area contributed by atoms with Gasteiger partial charge in [0.25, 0.3) is 0 Å². The maximum Gasteiger partial charge on any atom is 0.143 e. The van der Waals surface area contributed by atoms with E-state index >= 15 is 4.39 Å². The molecule has 70 heavy (non-hydrogen) atoms. The van der Waals surface area contributed by atoms with Crippen LogP contribution in [0.15, 0.2) is 271 Å². The van der Waals surface area contributed by atoms with Gasteiger partial charge in [0.2, 0.25) is 0 Å². The van der Waals surface area contributed by atoms with Crippen LogP contribution in [0, 0.1) is 5.82 Å². The van der Waals surface area contributed by atoms with Gasteiger partial charge in [-0.1, -0.05) is 206 Å². The highest BCUT2D eigenvalue weighted by atomic mass is 19.1. The fourth-order valence-corrected chi connectivity index (χ4v) is 11.0. The number of halogens is 1. The SMILES string of the molecule is Fc1cccc(C2(c3ccc(-c4cccc5c4oc4ccccc45)cc3)c3ccccc3-c3cc(-c4ccc(N(c5ccc(-c6ccccc6)cc5)c5ccc(-c6ccccc6)cc5)cc4)ccc32)c1. The number of benzene rings is 11. The Kier molecular flexibility index (Phi) is 9.95. The number of furan rings is 1. The van der Waals surface area contributed by atoms with Crippen LogP contribution in [0.4, 0.5) is 21.5 Å². The number of anilines is 3. The summed E-state index contributed by atoms with van der Waals surface area (Å²) in [5, 5.41) is 2.20. The molecule has 0 saturated carbocycles. The quantitative estimate of drug-likeness (QED) is 0.144. The van der Waals surface area contributed by atoms with Gasteiger partial charge in [-0.2, -0.15) is 0 Å². The standard InChI is InChI=1S/C67H44FNO/c68-54-18-11-17-53(44-54)67(52-34-25-50(26-35-52)58-21-12-22-61-60-20-8-10-24-65(60)70-66(58)61)63-23-9-7-19-59(63)62-43-51(33-42-64(62)67)49-31-40-57(41-32-49)69(55-36-27-47(28-37-55)45-13-3-1-4-14-45)56-38-29-48(30-39-56)46-15-5-2-6-16-46/h1-44H. The molecular weight excluding hydrogens is 854 g/mol. The zero-order chi connectivity index (χ0) is 46.6. The van der Waals surface area contributed by atoms with E-state index in [2.05, 4.69) is 241 Å². The zero-order valence-corrected chi connectivity index (χ0v) is 38.1. The molecule has 1 atom stereocenters. The molecule has 0 N–H and O–H groups in total. The summed E-state index contributed by atoms with van der Waals surface area (Å²) in [6.07, 6.45) is 0. The van der Waals surface area contributed by atoms with Crippen molar-refractivity contribution in [3.63, 3.8) is 0 Å². The van der Waals surface area contributed by atoms with Crippen molar-refractivity contribution < 1.29 is 8.81 Å². The Bertz CT molecular complexity index is 3780. The highest BCUT2D eigenvalue weighted by Gasteiger charge is 2.46. The van der Waals surface area contributed by atoms with Gasteiger partial charge >= 0.3 is 0 Å². The predicted octanol–water partition coefficient (Wildman–Crippen LogP) is 18.2. The summed E-state index contributed by atoms with van der Waals surface area (Å²) in [5.74, 6) is -0.263. The van der Waals surface area contributed by atoms with Crippen LogP contribution in [-0.4, -0.2) is 0 Å². The van der Waals surface area contributed by atoms with Crippen molar-refractivity contribution in [2.45, 2.75) is 5.41 Å². The van der Waals surface area contributed by atoms with Crippen LogP contribution in [0.5, 0.6) is 0 Å². The highest BCUT2D eigenvalue weighted by molar-refractivity contribution is 6.09. The average molecular weight is 898 g/mol. The lowest BCUT2D eigenvalue weighted by molar-refractivity contribution is 0.620. The Balaban J connectivity index is 0.895. The first kappa shape index (κ1) is 41.2. The van der Waals surface area contributed by atoms with Crippen LogP contribution in [0.1, 0.15) is 22.3 Å². The Morgan fingerprint density at radius 2 is 0.800 bits per heavy atom. The van der Waals surface area contributed by atoms with Gasteiger partial charge in [-0.3, -0.25) is 0 Å². The number of para-hydroxylation sites is 2. The smallest absolute Gasteiger partial charge is 0.143 e. The minimum atomic E-state index is -0.771. The summed E-state index contributed by atoms with van der Waals surface area (Å²) in [6.45, 7) is 0. The molecule has 1 unspecified atom stereocenters. The van der Waals surface area contributed by atoms with Crippen molar-refractivity contribution >= 4 is 39.0 Å². The second-order valence-electron chi connectivity index (χ2n) is 18.1. The molecule has 0 amide bonds. The maximum atomic E-state index is 15.5. The van der Waals surface area contributed by atoms with Crippen LogP contribution in [0.2, 0.25) is 0 Å². The second kappa shape index (κ2) is 16.9. The first-order valence-electron chi connectivity index (χ1n) is 23.8. The summed E-state index contributed by atoms with van der Waals surface area (Å²) >= 11 is 0. The van der Waals surface area contributed by atoms with E-state index in [0.717, 1.165) is 94.6 Å². The first-order chi connectivity index (χ1) is 34.6. The molecule has 2 nitrogen and oxygen atoms in total. The maximum absolute atomic E-state index is 15.5. The third-order valence-corrected chi connectivity index (χ3v) is 14.3. The van der Waals surface area contributed by atoms with Gasteiger partial charge in [0.05, 0.1) is 5.41 Å². The molecule has 330 valence electrons. The molecule has 12 aromatic rings. The zero-order valence-electron chi connectivity index (χ0n) is 38.1. The van der Waals surface area contributed by atoms with Gasteiger partial charge in [0, 0.05) is 33.4 Å². The van der Waals surface area contributed by atoms with Crippen LogP contribution >= 0.6 is 0 Å². The van der Waals surface area contributed by atoms with E-state index in [1.54, 1.807) is 6.07 Å². The summed E-state index contributed by atoms with van der Waals surface area (Å²) in [4.78, 5) is 2.32. The molecule has 0 aliphatic heterocycles. The average Bonchev–Trinajstić information content (AvgIpc) is 3.96. The van der Waals surface area contributed by atoms with Gasteiger partial charge in [-0.05, 0) is 133 Å². The minimum absolute atomic E-state index is 0.263. The van der Waals surface area contributed by atoms with Gasteiger partial charge < -0.3 is 9.32 Å². The highest BCUT2D eigenvalue weighted by Crippen LogP contribution is 2.57. The van der Waals surface area contributed by atoms with E-state index in [-0.39, 0.29) is 5.82 Å². The van der Waals surface area contributed by atoms with E-state index < -0.39 is 5.41 Å². The molecule has 0 saturated heterocycles. The summed E-state index contributed by atoms with van der Waals surface area (Å²) < 4.78 is 22.0. The number of hydrogen-bond donors (Lipinski definition) is 0. The molecule has 0 bridgehead atoms. The fourth-order valence-electron chi connectivity index (χ4n) is 11.0. The third-order valence-electron chi connectivity index (χ3n) is 14.3. The fraction of sp³-hybridized carbons (Fsp3) is 0.0149. The van der Waals surface area contributed by atoms with Crippen molar-refractivity contribution in [2.24, 2.45) is 0 Å². The van der Waals surface area contributed by atoms with Crippen molar-refractivity contribution in [2.75, 3.05) is 4.90 Å². The normalized spacial score (nSPS) is 13.8. The summed E-state index contributed by atoms with van der Waals surface area (Å²) in [7, 11) is 0. The molecule has 0 fully saturated rings. The number of rotatable bonds is 9. The number of fused-ring (bicyclic) bond motifs is 6. The second-order valence-corrected chi connectivity index (χ2v) is 18.1.